The Labute approximate surface area is 111 Å². The second kappa shape index (κ2) is 5.34. The molecule has 2 aliphatic rings. The topological polar surface area (TPSA) is 101 Å². The zero-order valence-electron chi connectivity index (χ0n) is 10.9. The van der Waals surface area contributed by atoms with Crippen LogP contribution in [0.2, 0.25) is 0 Å². The number of likely N-dealkylation sites (tertiary alicyclic amines) is 2. The van der Waals surface area contributed by atoms with E-state index in [0.717, 1.165) is 0 Å². The third kappa shape index (κ3) is 2.82. The lowest BCUT2D eigenvalue weighted by atomic mass is 9.97. The van der Waals surface area contributed by atoms with Crippen molar-refractivity contribution in [2.75, 3.05) is 19.6 Å². The van der Waals surface area contributed by atoms with Gasteiger partial charge in [0.15, 0.2) is 0 Å². The fourth-order valence-corrected chi connectivity index (χ4v) is 2.75. The van der Waals surface area contributed by atoms with Crippen molar-refractivity contribution in [1.82, 2.24) is 9.80 Å². The van der Waals surface area contributed by atoms with Crippen LogP contribution in [0, 0.1) is 5.92 Å². The number of carbonyl (C=O) groups excluding carboxylic acids is 1. The molecule has 4 unspecified atom stereocenters. The zero-order chi connectivity index (χ0) is 14.2. The van der Waals surface area contributed by atoms with Gasteiger partial charge in [-0.1, -0.05) is 6.92 Å². The largest absolute Gasteiger partial charge is 0.480 e. The Bertz CT molecular complexity index is 375. The summed E-state index contributed by atoms with van der Waals surface area (Å²) < 4.78 is 0. The maximum Gasteiger partial charge on any atom is 0.326 e. The number of β-amino-alcohol motifs (C(OH)–C–C–N with tert-alkyl or cyclic N) is 1. The fraction of sp³-hybridized carbons (Fsp3) is 0.833. The van der Waals surface area contributed by atoms with Crippen molar-refractivity contribution in [3.63, 3.8) is 0 Å². The van der Waals surface area contributed by atoms with Gasteiger partial charge < -0.3 is 25.1 Å². The summed E-state index contributed by atoms with van der Waals surface area (Å²) in [6.45, 7) is 2.75. The molecule has 0 spiro atoms. The number of carboxylic acids is 1. The molecular formula is C12H20N2O5. The number of aliphatic hydroxyl groups excluding tert-OH is 2. The molecule has 0 bridgehead atoms. The lowest BCUT2D eigenvalue weighted by molar-refractivity contribution is -0.141. The number of piperidine rings is 1. The molecule has 2 heterocycles. The molecule has 4 atom stereocenters. The van der Waals surface area contributed by atoms with E-state index in [1.165, 1.54) is 4.90 Å². The van der Waals surface area contributed by atoms with E-state index in [1.54, 1.807) is 4.90 Å². The van der Waals surface area contributed by atoms with Crippen LogP contribution in [-0.4, -0.2) is 75.0 Å². The summed E-state index contributed by atoms with van der Waals surface area (Å²) in [7, 11) is 0. The van der Waals surface area contributed by atoms with E-state index in [1.807, 2.05) is 6.92 Å². The van der Waals surface area contributed by atoms with Gasteiger partial charge in [-0.25, -0.2) is 9.59 Å². The minimum absolute atomic E-state index is 0.0199. The van der Waals surface area contributed by atoms with Gasteiger partial charge in [0.2, 0.25) is 0 Å². The van der Waals surface area contributed by atoms with Gasteiger partial charge in [-0.15, -0.1) is 0 Å². The van der Waals surface area contributed by atoms with Gasteiger partial charge in [0, 0.05) is 26.1 Å². The molecule has 108 valence electrons. The van der Waals surface area contributed by atoms with E-state index in [9.17, 15) is 19.8 Å². The molecule has 7 heteroatoms. The molecule has 0 radical (unpaired) electrons. The van der Waals surface area contributed by atoms with Crippen LogP contribution in [0.25, 0.3) is 0 Å². The van der Waals surface area contributed by atoms with Gasteiger partial charge in [0.05, 0.1) is 12.2 Å². The van der Waals surface area contributed by atoms with Crippen molar-refractivity contribution in [3.05, 3.63) is 0 Å². The molecule has 2 fully saturated rings. The minimum Gasteiger partial charge on any atom is -0.480 e. The number of carbonyl (C=O) groups is 2. The number of carboxylic acid groups (broad SMARTS) is 1. The molecular weight excluding hydrogens is 252 g/mol. The van der Waals surface area contributed by atoms with Crippen LogP contribution in [0.1, 0.15) is 19.8 Å². The normalized spacial score (nSPS) is 35.5. The summed E-state index contributed by atoms with van der Waals surface area (Å²) in [6.07, 6.45) is -0.616. The van der Waals surface area contributed by atoms with Gasteiger partial charge >= 0.3 is 12.0 Å². The highest BCUT2D eigenvalue weighted by molar-refractivity contribution is 5.83. The molecule has 2 aliphatic heterocycles. The van der Waals surface area contributed by atoms with Crippen molar-refractivity contribution < 1.29 is 24.9 Å². The Balaban J connectivity index is 2.04. The van der Waals surface area contributed by atoms with Crippen molar-refractivity contribution in [1.29, 1.82) is 0 Å². The summed E-state index contributed by atoms with van der Waals surface area (Å²) in [5.74, 6) is -1.11. The highest BCUT2D eigenvalue weighted by Crippen LogP contribution is 2.23. The Morgan fingerprint density at radius 2 is 1.89 bits per heavy atom. The summed E-state index contributed by atoms with van der Waals surface area (Å²) in [6, 6.07) is -1.31. The molecule has 2 amide bonds. The molecule has 0 aromatic heterocycles. The predicted octanol–water partition coefficient (Wildman–Crippen LogP) is -0.671. The SMILES string of the molecule is CC1CN(C(=O)N2CC(O)CC2C(=O)O)CCC1O. The molecule has 7 nitrogen and oxygen atoms in total. The number of rotatable bonds is 1. The van der Waals surface area contributed by atoms with Gasteiger partial charge in [-0.2, -0.15) is 0 Å². The van der Waals surface area contributed by atoms with Crippen LogP contribution < -0.4 is 0 Å². The van der Waals surface area contributed by atoms with Crippen LogP contribution in [0.3, 0.4) is 0 Å². The number of hydrogen-bond donors (Lipinski definition) is 3. The van der Waals surface area contributed by atoms with E-state index >= 15 is 0 Å². The van der Waals surface area contributed by atoms with E-state index in [4.69, 9.17) is 5.11 Å². The zero-order valence-corrected chi connectivity index (χ0v) is 10.9. The molecule has 19 heavy (non-hydrogen) atoms. The highest BCUT2D eigenvalue weighted by Gasteiger charge is 2.41. The van der Waals surface area contributed by atoms with Gasteiger partial charge in [-0.3, -0.25) is 0 Å². The van der Waals surface area contributed by atoms with E-state index < -0.39 is 24.2 Å². The molecule has 3 N–H and O–H groups in total. The Morgan fingerprint density at radius 1 is 1.21 bits per heavy atom. The molecule has 0 aromatic carbocycles. The molecule has 2 saturated heterocycles. The predicted molar refractivity (Wildman–Crippen MR) is 65.5 cm³/mol. The number of urea groups is 1. The van der Waals surface area contributed by atoms with Crippen LogP contribution in [0.4, 0.5) is 4.79 Å². The van der Waals surface area contributed by atoms with Gasteiger partial charge in [0.1, 0.15) is 6.04 Å². The number of nitrogens with zero attached hydrogens (tertiary/aromatic N) is 2. The van der Waals surface area contributed by atoms with Crippen LogP contribution in [0.5, 0.6) is 0 Å². The number of hydrogen-bond acceptors (Lipinski definition) is 4. The average Bonchev–Trinajstić information content (AvgIpc) is 2.74. The van der Waals surface area contributed by atoms with Crippen molar-refractivity contribution in [2.45, 2.75) is 38.0 Å². The lowest BCUT2D eigenvalue weighted by Gasteiger charge is -2.37. The Morgan fingerprint density at radius 3 is 2.47 bits per heavy atom. The van der Waals surface area contributed by atoms with Crippen LogP contribution >= 0.6 is 0 Å². The molecule has 0 saturated carbocycles. The molecule has 0 aromatic rings. The summed E-state index contributed by atoms with van der Waals surface area (Å²) in [4.78, 5) is 26.2. The highest BCUT2D eigenvalue weighted by atomic mass is 16.4. The van der Waals surface area contributed by atoms with Crippen LogP contribution in [0.15, 0.2) is 0 Å². The quantitative estimate of drug-likeness (QED) is 0.587. The van der Waals surface area contributed by atoms with E-state index in [0.29, 0.717) is 19.5 Å². The van der Waals surface area contributed by atoms with Gasteiger partial charge in [0.25, 0.3) is 0 Å². The number of aliphatic hydroxyl groups is 2. The monoisotopic (exact) mass is 272 g/mol. The van der Waals surface area contributed by atoms with Crippen molar-refractivity contribution in [2.24, 2.45) is 5.92 Å². The van der Waals surface area contributed by atoms with Crippen LogP contribution in [-0.2, 0) is 4.79 Å². The Hall–Kier alpha value is -1.34. The van der Waals surface area contributed by atoms with E-state index in [-0.39, 0.29) is 24.9 Å². The summed E-state index contributed by atoms with van der Waals surface area (Å²) >= 11 is 0. The maximum absolute atomic E-state index is 12.3. The minimum atomic E-state index is -1.09. The maximum atomic E-state index is 12.3. The third-order valence-electron chi connectivity index (χ3n) is 3.94. The third-order valence-corrected chi connectivity index (χ3v) is 3.94. The molecule has 0 aliphatic carbocycles. The number of aliphatic carboxylic acids is 1. The Kier molecular flexibility index (Phi) is 3.96. The second-order valence-corrected chi connectivity index (χ2v) is 5.46. The summed E-state index contributed by atoms with van der Waals surface area (Å²) in [5, 5.41) is 28.3. The second-order valence-electron chi connectivity index (χ2n) is 5.46. The smallest absolute Gasteiger partial charge is 0.326 e. The average molecular weight is 272 g/mol. The van der Waals surface area contributed by atoms with Crippen molar-refractivity contribution >= 4 is 12.0 Å². The molecule has 2 rings (SSSR count). The fourth-order valence-electron chi connectivity index (χ4n) is 2.75. The first kappa shape index (κ1) is 14.1. The first-order valence-corrected chi connectivity index (χ1v) is 6.54. The number of amides is 2. The first-order chi connectivity index (χ1) is 8.90. The standard InChI is InChI=1S/C12H20N2O5/c1-7-5-13(3-2-10(7)16)12(19)14-6-8(15)4-9(14)11(17)18/h7-10,15-16H,2-6H2,1H3,(H,17,18). The van der Waals surface area contributed by atoms with E-state index in [2.05, 4.69) is 0 Å². The lowest BCUT2D eigenvalue weighted by Crippen LogP contribution is -2.53. The van der Waals surface area contributed by atoms with Crippen molar-refractivity contribution in [3.8, 4) is 0 Å². The van der Waals surface area contributed by atoms with Gasteiger partial charge in [-0.05, 0) is 12.3 Å². The first-order valence-electron chi connectivity index (χ1n) is 6.54. The summed E-state index contributed by atoms with van der Waals surface area (Å²) in [5.41, 5.74) is 0.